The Labute approximate surface area is 85.2 Å². The lowest BCUT2D eigenvalue weighted by molar-refractivity contribution is 0.0967. The summed E-state index contributed by atoms with van der Waals surface area (Å²) in [6, 6.07) is -0.481. The van der Waals surface area contributed by atoms with E-state index in [9.17, 15) is 4.79 Å². The van der Waals surface area contributed by atoms with Crippen LogP contribution in [0, 0.1) is 0 Å². The Morgan fingerprint density at radius 2 is 2.46 bits per heavy atom. The van der Waals surface area contributed by atoms with Gasteiger partial charge in [0.05, 0.1) is 17.8 Å². The smallest absolute Gasteiger partial charge is 0.183 e. The fourth-order valence-corrected chi connectivity index (χ4v) is 1.64. The van der Waals surface area contributed by atoms with Crippen LogP contribution in [-0.2, 0) is 6.54 Å². The number of Topliss-reactive ketones (excluding diaryl/α,β-unsaturated/α-hetero) is 1. The van der Waals surface area contributed by atoms with Crippen LogP contribution >= 0.6 is 15.9 Å². The molecule has 0 aliphatic carbocycles. The molecule has 13 heavy (non-hydrogen) atoms. The van der Waals surface area contributed by atoms with E-state index in [1.54, 1.807) is 17.8 Å². The van der Waals surface area contributed by atoms with E-state index >= 15 is 0 Å². The molecule has 2 N–H and O–H groups in total. The van der Waals surface area contributed by atoms with Crippen molar-refractivity contribution in [3.05, 3.63) is 16.4 Å². The molecule has 1 aromatic rings. The van der Waals surface area contributed by atoms with Crippen molar-refractivity contribution in [2.45, 2.75) is 26.4 Å². The highest BCUT2D eigenvalue weighted by atomic mass is 79.9. The number of aryl methyl sites for hydroxylation is 1. The maximum absolute atomic E-state index is 11.5. The van der Waals surface area contributed by atoms with Crippen LogP contribution in [0.1, 0.15) is 24.2 Å². The summed E-state index contributed by atoms with van der Waals surface area (Å²) in [5.74, 6) is -0.0911. The van der Waals surface area contributed by atoms with Gasteiger partial charge >= 0.3 is 0 Å². The van der Waals surface area contributed by atoms with Crippen molar-refractivity contribution in [2.24, 2.45) is 5.73 Å². The first-order valence-corrected chi connectivity index (χ1v) is 4.88. The summed E-state index contributed by atoms with van der Waals surface area (Å²) in [7, 11) is 0. The van der Waals surface area contributed by atoms with Crippen molar-refractivity contribution in [1.82, 2.24) is 9.78 Å². The van der Waals surface area contributed by atoms with Crippen molar-refractivity contribution < 1.29 is 4.79 Å². The van der Waals surface area contributed by atoms with Crippen LogP contribution in [0.3, 0.4) is 0 Å². The Kier molecular flexibility index (Phi) is 3.22. The highest BCUT2D eigenvalue weighted by molar-refractivity contribution is 9.10. The molecule has 72 valence electrons. The fraction of sp³-hybridized carbons (Fsp3) is 0.500. The third-order valence-corrected chi connectivity index (χ3v) is 2.59. The average Bonchev–Trinajstić information content (AvgIpc) is 2.45. The van der Waals surface area contributed by atoms with Gasteiger partial charge in [-0.15, -0.1) is 0 Å². The Morgan fingerprint density at radius 1 is 1.85 bits per heavy atom. The molecule has 0 amide bonds. The number of hydrogen-bond acceptors (Lipinski definition) is 3. The van der Waals surface area contributed by atoms with Crippen LogP contribution < -0.4 is 5.73 Å². The second kappa shape index (κ2) is 4.02. The largest absolute Gasteiger partial charge is 0.321 e. The van der Waals surface area contributed by atoms with E-state index in [4.69, 9.17) is 5.73 Å². The zero-order valence-corrected chi connectivity index (χ0v) is 9.21. The van der Waals surface area contributed by atoms with Crippen LogP contribution in [0.25, 0.3) is 0 Å². The van der Waals surface area contributed by atoms with E-state index < -0.39 is 6.04 Å². The first-order chi connectivity index (χ1) is 6.07. The number of carbonyl (C=O) groups is 1. The van der Waals surface area contributed by atoms with Crippen LogP contribution in [0.5, 0.6) is 0 Å². The van der Waals surface area contributed by atoms with Crippen LogP contribution in [0.2, 0.25) is 0 Å². The molecule has 0 saturated heterocycles. The van der Waals surface area contributed by atoms with Gasteiger partial charge in [-0.2, -0.15) is 5.10 Å². The number of halogens is 1. The first-order valence-electron chi connectivity index (χ1n) is 4.09. The molecule has 0 aliphatic rings. The van der Waals surface area contributed by atoms with E-state index in [2.05, 4.69) is 21.0 Å². The third kappa shape index (κ3) is 1.97. The molecule has 0 fully saturated rings. The van der Waals surface area contributed by atoms with Crippen molar-refractivity contribution >= 4 is 21.7 Å². The Bertz CT molecular complexity index is 319. The van der Waals surface area contributed by atoms with Gasteiger partial charge < -0.3 is 5.73 Å². The molecule has 0 bridgehead atoms. The number of carbonyl (C=O) groups excluding carboxylic acids is 1. The van der Waals surface area contributed by atoms with Crippen LogP contribution in [0.4, 0.5) is 0 Å². The van der Waals surface area contributed by atoms with Gasteiger partial charge in [-0.1, -0.05) is 0 Å². The van der Waals surface area contributed by atoms with Crippen LogP contribution in [-0.4, -0.2) is 21.6 Å². The monoisotopic (exact) mass is 245 g/mol. The number of nitrogens with zero attached hydrogens (tertiary/aromatic N) is 2. The zero-order chi connectivity index (χ0) is 10.0. The summed E-state index contributed by atoms with van der Waals surface area (Å²) >= 11 is 3.30. The van der Waals surface area contributed by atoms with Gasteiger partial charge in [-0.05, 0) is 29.8 Å². The fourth-order valence-electron chi connectivity index (χ4n) is 1.00. The van der Waals surface area contributed by atoms with E-state index in [0.29, 0.717) is 10.2 Å². The number of nitrogens with two attached hydrogens (primary N) is 1. The van der Waals surface area contributed by atoms with Crippen molar-refractivity contribution in [3.8, 4) is 0 Å². The Balaban J connectivity index is 3.02. The van der Waals surface area contributed by atoms with Crippen LogP contribution in [0.15, 0.2) is 10.8 Å². The third-order valence-electron chi connectivity index (χ3n) is 1.75. The van der Waals surface area contributed by atoms with Crippen molar-refractivity contribution in [3.63, 3.8) is 0 Å². The van der Waals surface area contributed by atoms with Gasteiger partial charge in [-0.25, -0.2) is 0 Å². The van der Waals surface area contributed by atoms with E-state index in [-0.39, 0.29) is 5.78 Å². The minimum atomic E-state index is -0.481. The van der Waals surface area contributed by atoms with E-state index in [1.807, 2.05) is 6.92 Å². The zero-order valence-electron chi connectivity index (χ0n) is 7.62. The topological polar surface area (TPSA) is 60.9 Å². The van der Waals surface area contributed by atoms with Gasteiger partial charge in [0.1, 0.15) is 4.60 Å². The van der Waals surface area contributed by atoms with Gasteiger partial charge in [0.2, 0.25) is 0 Å². The summed E-state index contributed by atoms with van der Waals surface area (Å²) in [5, 5.41) is 4.03. The summed E-state index contributed by atoms with van der Waals surface area (Å²) in [6.07, 6.45) is 1.54. The van der Waals surface area contributed by atoms with Gasteiger partial charge in [-0.3, -0.25) is 9.48 Å². The molecule has 0 saturated carbocycles. The maximum Gasteiger partial charge on any atom is 0.183 e. The predicted octanol–water partition coefficient (Wildman–Crippen LogP) is 1.20. The average molecular weight is 246 g/mol. The van der Waals surface area contributed by atoms with E-state index in [0.717, 1.165) is 6.54 Å². The number of rotatable bonds is 3. The summed E-state index contributed by atoms with van der Waals surface area (Å²) in [6.45, 7) is 4.35. The summed E-state index contributed by atoms with van der Waals surface area (Å²) in [4.78, 5) is 11.5. The molecule has 1 aromatic heterocycles. The van der Waals surface area contributed by atoms with Crippen molar-refractivity contribution in [1.29, 1.82) is 0 Å². The molecule has 0 aliphatic heterocycles. The molecule has 1 heterocycles. The minimum absolute atomic E-state index is 0.0911. The van der Waals surface area contributed by atoms with Gasteiger partial charge in [0, 0.05) is 6.54 Å². The molecule has 4 nitrogen and oxygen atoms in total. The molecule has 0 aromatic carbocycles. The molecule has 5 heteroatoms. The normalized spacial score (nSPS) is 12.9. The summed E-state index contributed by atoms with van der Waals surface area (Å²) < 4.78 is 2.41. The first kappa shape index (κ1) is 10.4. The number of aromatic nitrogens is 2. The number of hydrogen-bond donors (Lipinski definition) is 1. The molecule has 0 spiro atoms. The molecule has 1 unspecified atom stereocenters. The van der Waals surface area contributed by atoms with Gasteiger partial charge in [0.25, 0.3) is 0 Å². The summed E-state index contributed by atoms with van der Waals surface area (Å²) in [5.41, 5.74) is 6.03. The Hall–Kier alpha value is -0.680. The lowest BCUT2D eigenvalue weighted by Crippen LogP contribution is -2.26. The minimum Gasteiger partial charge on any atom is -0.321 e. The predicted molar refractivity (Wildman–Crippen MR) is 53.6 cm³/mol. The second-order valence-electron chi connectivity index (χ2n) is 2.82. The Morgan fingerprint density at radius 3 is 2.85 bits per heavy atom. The highest BCUT2D eigenvalue weighted by Crippen LogP contribution is 2.17. The number of ketones is 1. The SMILES string of the molecule is CCn1ncc(C(=O)C(C)N)c1Br. The molecular weight excluding hydrogens is 234 g/mol. The van der Waals surface area contributed by atoms with Gasteiger partial charge in [0.15, 0.2) is 5.78 Å². The standard InChI is InChI=1S/C8H12BrN3O/c1-3-12-8(9)6(4-11-12)7(13)5(2)10/h4-5H,3,10H2,1-2H3. The quantitative estimate of drug-likeness (QED) is 0.815. The molecule has 1 rings (SSSR count). The lowest BCUT2D eigenvalue weighted by atomic mass is 10.1. The lowest BCUT2D eigenvalue weighted by Gasteiger charge is -2.02. The van der Waals surface area contributed by atoms with E-state index in [1.165, 1.54) is 0 Å². The highest BCUT2D eigenvalue weighted by Gasteiger charge is 2.17. The molecular formula is C8H12BrN3O. The maximum atomic E-state index is 11.5. The molecule has 1 atom stereocenters. The molecule has 0 radical (unpaired) electrons. The van der Waals surface area contributed by atoms with Crippen molar-refractivity contribution in [2.75, 3.05) is 0 Å². The second-order valence-corrected chi connectivity index (χ2v) is 3.57.